The largest absolute Gasteiger partial charge is 0.511 e. The van der Waals surface area contributed by atoms with Gasteiger partial charge in [-0.3, -0.25) is 0 Å². The highest BCUT2D eigenvalue weighted by Crippen LogP contribution is 2.24. The van der Waals surface area contributed by atoms with Crippen molar-refractivity contribution in [2.75, 3.05) is 0 Å². The Bertz CT molecular complexity index is 372. The lowest BCUT2D eigenvalue weighted by Crippen LogP contribution is -2.06. The number of carbonyl (C=O) groups is 1. The number of unbranched alkanes of at least 4 members (excludes halogenated alkanes) is 3. The van der Waals surface area contributed by atoms with Crippen LogP contribution in [0.25, 0.3) is 0 Å². The molecule has 1 rings (SSSR count). The van der Waals surface area contributed by atoms with Gasteiger partial charge in [-0.25, -0.2) is 4.79 Å². The van der Waals surface area contributed by atoms with Crippen LogP contribution >= 0.6 is 0 Å². The summed E-state index contributed by atoms with van der Waals surface area (Å²) in [5, 5.41) is 8.67. The first kappa shape index (κ1) is 13.6. The molecule has 1 aromatic carbocycles. The lowest BCUT2D eigenvalue weighted by Gasteiger charge is -2.10. The summed E-state index contributed by atoms with van der Waals surface area (Å²) in [7, 11) is 0. The molecular formula is C14H20O3. The number of benzene rings is 1. The van der Waals surface area contributed by atoms with Gasteiger partial charge in [-0.1, -0.05) is 38.3 Å². The van der Waals surface area contributed by atoms with Gasteiger partial charge in [0.25, 0.3) is 0 Å². The highest BCUT2D eigenvalue weighted by atomic mass is 16.7. The van der Waals surface area contributed by atoms with Gasteiger partial charge in [0, 0.05) is 0 Å². The molecule has 17 heavy (non-hydrogen) atoms. The van der Waals surface area contributed by atoms with E-state index in [9.17, 15) is 4.79 Å². The second-order valence-electron chi connectivity index (χ2n) is 4.23. The van der Waals surface area contributed by atoms with Crippen LogP contribution in [0.4, 0.5) is 4.79 Å². The second-order valence-corrected chi connectivity index (χ2v) is 4.23. The van der Waals surface area contributed by atoms with Crippen LogP contribution in [-0.4, -0.2) is 11.3 Å². The van der Waals surface area contributed by atoms with Crippen molar-refractivity contribution in [1.82, 2.24) is 0 Å². The van der Waals surface area contributed by atoms with Crippen molar-refractivity contribution < 1.29 is 14.6 Å². The molecule has 0 aliphatic rings. The molecule has 0 amide bonds. The van der Waals surface area contributed by atoms with Gasteiger partial charge in [-0.2, -0.15) is 0 Å². The van der Waals surface area contributed by atoms with Crippen LogP contribution in [0.3, 0.4) is 0 Å². The van der Waals surface area contributed by atoms with Crippen LogP contribution in [0, 0.1) is 6.92 Å². The summed E-state index contributed by atoms with van der Waals surface area (Å²) in [6, 6.07) is 5.53. The molecule has 0 spiro atoms. The predicted octanol–water partition coefficient (Wildman–Crippen LogP) is 4.17. The third-order valence-corrected chi connectivity index (χ3v) is 2.84. The smallest absolute Gasteiger partial charge is 0.449 e. The number of carboxylic acid groups (broad SMARTS) is 1. The van der Waals surface area contributed by atoms with E-state index in [-0.39, 0.29) is 0 Å². The third-order valence-electron chi connectivity index (χ3n) is 2.84. The third kappa shape index (κ3) is 4.47. The van der Waals surface area contributed by atoms with Gasteiger partial charge < -0.3 is 9.84 Å². The zero-order chi connectivity index (χ0) is 12.7. The molecule has 1 aromatic rings. The maximum atomic E-state index is 10.6. The molecular weight excluding hydrogens is 216 g/mol. The molecule has 0 heterocycles. The standard InChI is InChI=1S/C14H20O3/c1-3-4-5-6-9-12-11(2)8-7-10-13(12)17-14(15)16/h7-8,10H,3-6,9H2,1-2H3,(H,15,16). The molecule has 94 valence electrons. The van der Waals surface area contributed by atoms with Gasteiger partial charge >= 0.3 is 6.16 Å². The van der Waals surface area contributed by atoms with E-state index in [0.717, 1.165) is 24.0 Å². The quantitative estimate of drug-likeness (QED) is 0.458. The SMILES string of the molecule is CCCCCCc1c(C)cccc1OC(=O)O. The number of ether oxygens (including phenoxy) is 1. The fourth-order valence-electron chi connectivity index (χ4n) is 1.91. The van der Waals surface area contributed by atoms with E-state index in [1.807, 2.05) is 19.1 Å². The Hall–Kier alpha value is -1.51. The second kappa shape index (κ2) is 6.94. The van der Waals surface area contributed by atoms with Crippen molar-refractivity contribution in [3.63, 3.8) is 0 Å². The molecule has 0 radical (unpaired) electrons. The van der Waals surface area contributed by atoms with Gasteiger partial charge in [-0.15, -0.1) is 0 Å². The molecule has 0 aliphatic heterocycles. The average molecular weight is 236 g/mol. The highest BCUT2D eigenvalue weighted by molar-refractivity contribution is 5.62. The van der Waals surface area contributed by atoms with E-state index in [2.05, 4.69) is 6.92 Å². The molecule has 0 fully saturated rings. The van der Waals surface area contributed by atoms with Crippen LogP contribution in [0.15, 0.2) is 18.2 Å². The van der Waals surface area contributed by atoms with Gasteiger partial charge in [0.15, 0.2) is 0 Å². The fraction of sp³-hybridized carbons (Fsp3) is 0.500. The number of aryl methyl sites for hydroxylation is 1. The zero-order valence-electron chi connectivity index (χ0n) is 10.5. The summed E-state index contributed by atoms with van der Waals surface area (Å²) in [4.78, 5) is 10.6. The minimum atomic E-state index is -1.24. The summed E-state index contributed by atoms with van der Waals surface area (Å²) in [5.74, 6) is 0.481. The van der Waals surface area contributed by atoms with Crippen molar-refractivity contribution in [3.05, 3.63) is 29.3 Å². The summed E-state index contributed by atoms with van der Waals surface area (Å²) >= 11 is 0. The van der Waals surface area contributed by atoms with Gasteiger partial charge in [0.05, 0.1) is 0 Å². The van der Waals surface area contributed by atoms with E-state index in [1.54, 1.807) is 6.07 Å². The molecule has 0 saturated carbocycles. The van der Waals surface area contributed by atoms with E-state index in [1.165, 1.54) is 19.3 Å². The van der Waals surface area contributed by atoms with Crippen molar-refractivity contribution in [2.45, 2.75) is 46.0 Å². The van der Waals surface area contributed by atoms with Crippen LogP contribution in [0.2, 0.25) is 0 Å². The lowest BCUT2D eigenvalue weighted by atomic mass is 10.0. The minimum absolute atomic E-state index is 0.481. The minimum Gasteiger partial charge on any atom is -0.449 e. The Morgan fingerprint density at radius 2 is 2.06 bits per heavy atom. The van der Waals surface area contributed by atoms with Crippen LogP contribution in [-0.2, 0) is 6.42 Å². The maximum absolute atomic E-state index is 10.6. The Labute approximate surface area is 102 Å². The molecule has 0 bridgehead atoms. The van der Waals surface area contributed by atoms with E-state index in [4.69, 9.17) is 9.84 Å². The van der Waals surface area contributed by atoms with Gasteiger partial charge in [-0.05, 0) is 37.0 Å². The monoisotopic (exact) mass is 236 g/mol. The van der Waals surface area contributed by atoms with Crippen molar-refractivity contribution in [2.24, 2.45) is 0 Å². The van der Waals surface area contributed by atoms with Crippen molar-refractivity contribution in [3.8, 4) is 5.75 Å². The Morgan fingerprint density at radius 3 is 2.71 bits per heavy atom. The topological polar surface area (TPSA) is 46.5 Å². The van der Waals surface area contributed by atoms with E-state index < -0.39 is 6.16 Å². The highest BCUT2D eigenvalue weighted by Gasteiger charge is 2.09. The molecule has 0 unspecified atom stereocenters. The first-order valence-electron chi connectivity index (χ1n) is 6.14. The fourth-order valence-corrected chi connectivity index (χ4v) is 1.91. The first-order chi connectivity index (χ1) is 8.15. The van der Waals surface area contributed by atoms with Gasteiger partial charge in [0.2, 0.25) is 0 Å². The number of hydrogen-bond acceptors (Lipinski definition) is 2. The molecule has 0 atom stereocenters. The first-order valence-corrected chi connectivity index (χ1v) is 6.14. The summed E-state index contributed by atoms with van der Waals surface area (Å²) in [5.41, 5.74) is 2.12. The molecule has 3 nitrogen and oxygen atoms in total. The normalized spacial score (nSPS) is 10.2. The van der Waals surface area contributed by atoms with Crippen LogP contribution < -0.4 is 4.74 Å². The summed E-state index contributed by atoms with van der Waals surface area (Å²) in [6.07, 6.45) is 4.32. The zero-order valence-corrected chi connectivity index (χ0v) is 10.5. The predicted molar refractivity (Wildman–Crippen MR) is 67.7 cm³/mol. The molecule has 0 saturated heterocycles. The molecule has 3 heteroatoms. The lowest BCUT2D eigenvalue weighted by molar-refractivity contribution is 0.144. The molecule has 0 aliphatic carbocycles. The van der Waals surface area contributed by atoms with Gasteiger partial charge in [0.1, 0.15) is 5.75 Å². The average Bonchev–Trinajstić information content (AvgIpc) is 2.26. The van der Waals surface area contributed by atoms with Crippen molar-refractivity contribution in [1.29, 1.82) is 0 Å². The number of hydrogen-bond donors (Lipinski definition) is 1. The van der Waals surface area contributed by atoms with E-state index in [0.29, 0.717) is 5.75 Å². The van der Waals surface area contributed by atoms with Crippen molar-refractivity contribution >= 4 is 6.16 Å². The van der Waals surface area contributed by atoms with E-state index >= 15 is 0 Å². The summed E-state index contributed by atoms with van der Waals surface area (Å²) in [6.45, 7) is 4.16. The molecule has 1 N–H and O–H groups in total. The maximum Gasteiger partial charge on any atom is 0.511 e. The van der Waals surface area contributed by atoms with Crippen LogP contribution in [0.1, 0.15) is 43.7 Å². The number of rotatable bonds is 6. The summed E-state index contributed by atoms with van der Waals surface area (Å²) < 4.78 is 4.80. The Morgan fingerprint density at radius 1 is 1.29 bits per heavy atom. The van der Waals surface area contributed by atoms with Crippen LogP contribution in [0.5, 0.6) is 5.75 Å². The molecule has 0 aromatic heterocycles. The Balaban J connectivity index is 2.70. The Kier molecular flexibility index (Phi) is 5.53.